The second kappa shape index (κ2) is 14.6. The zero-order valence-electron chi connectivity index (χ0n) is 32.6. The molecule has 1 amide bonds. The third kappa shape index (κ3) is 6.67. The number of carbonyl (C=O) groups is 3. The fourth-order valence-electron chi connectivity index (χ4n) is 13.6. The summed E-state index contributed by atoms with van der Waals surface area (Å²) in [4.78, 5) is 38.0. The number of fused-ring (bicyclic) bond motifs is 7. The number of amides is 1. The van der Waals surface area contributed by atoms with Gasteiger partial charge in [0.25, 0.3) is 0 Å². The summed E-state index contributed by atoms with van der Waals surface area (Å²) >= 11 is 0. The lowest BCUT2D eigenvalue weighted by molar-refractivity contribution is -0.248. The molecule has 5 saturated carbocycles. The first-order valence-corrected chi connectivity index (χ1v) is 20.3. The highest BCUT2D eigenvalue weighted by Crippen LogP contribution is 2.77. The van der Waals surface area contributed by atoms with Crippen LogP contribution in [0, 0.1) is 56.7 Å². The maximum Gasteiger partial charge on any atom is 0.305 e. The van der Waals surface area contributed by atoms with Crippen LogP contribution in [-0.2, 0) is 23.9 Å². The molecule has 0 aromatic heterocycles. The quantitative estimate of drug-likeness (QED) is 0.119. The van der Waals surface area contributed by atoms with Crippen LogP contribution in [0.2, 0.25) is 0 Å². The minimum absolute atomic E-state index is 0.00536. The fourth-order valence-corrected chi connectivity index (χ4v) is 13.6. The molecule has 0 unspecified atom stereocenters. The zero-order chi connectivity index (χ0) is 35.8. The summed E-state index contributed by atoms with van der Waals surface area (Å²) < 4.78 is 11.0. The van der Waals surface area contributed by atoms with Gasteiger partial charge in [0.05, 0.1) is 12.0 Å². The number of unbranched alkanes of at least 4 members (excludes halogenated alkanes) is 5. The molecule has 278 valence electrons. The van der Waals surface area contributed by atoms with E-state index < -0.39 is 0 Å². The van der Waals surface area contributed by atoms with E-state index in [4.69, 9.17) is 9.47 Å². The summed E-state index contributed by atoms with van der Waals surface area (Å²) in [6, 6.07) is 0. The van der Waals surface area contributed by atoms with E-state index in [2.05, 4.69) is 53.4 Å². The van der Waals surface area contributed by atoms with Crippen molar-refractivity contribution >= 4 is 17.8 Å². The molecule has 5 aliphatic carbocycles. The minimum Gasteiger partial charge on any atom is -0.466 e. The van der Waals surface area contributed by atoms with Gasteiger partial charge in [0.1, 0.15) is 6.10 Å². The van der Waals surface area contributed by atoms with Gasteiger partial charge in [0.15, 0.2) is 0 Å². The van der Waals surface area contributed by atoms with Gasteiger partial charge in [-0.05, 0) is 137 Å². The number of rotatable bonds is 13. The molecule has 6 nitrogen and oxygen atoms in total. The van der Waals surface area contributed by atoms with Crippen molar-refractivity contribution in [2.75, 3.05) is 13.2 Å². The monoisotopic (exact) mass is 682 g/mol. The Labute approximate surface area is 299 Å². The molecule has 0 heterocycles. The van der Waals surface area contributed by atoms with Crippen molar-refractivity contribution < 1.29 is 23.9 Å². The molecule has 0 spiro atoms. The Morgan fingerprint density at radius 1 is 0.755 bits per heavy atom. The lowest BCUT2D eigenvalue weighted by Crippen LogP contribution is -2.67. The number of hydrogen-bond acceptors (Lipinski definition) is 5. The molecule has 0 aliphatic heterocycles. The smallest absolute Gasteiger partial charge is 0.305 e. The highest BCUT2D eigenvalue weighted by molar-refractivity contribution is 5.84. The van der Waals surface area contributed by atoms with E-state index in [1.807, 2.05) is 6.92 Å². The summed E-state index contributed by atoms with van der Waals surface area (Å²) in [7, 11) is 0. The Hall–Kier alpha value is -1.85. The van der Waals surface area contributed by atoms with Crippen LogP contribution in [0.1, 0.15) is 165 Å². The van der Waals surface area contributed by atoms with Crippen LogP contribution in [-0.4, -0.2) is 37.1 Å². The normalized spacial score (nSPS) is 40.6. The van der Waals surface area contributed by atoms with Crippen LogP contribution in [0.3, 0.4) is 0 Å². The Morgan fingerprint density at radius 3 is 2.12 bits per heavy atom. The molecule has 0 aromatic rings. The maximum atomic E-state index is 14.4. The summed E-state index contributed by atoms with van der Waals surface area (Å²) in [5, 5.41) is 3.48. The van der Waals surface area contributed by atoms with E-state index in [0.29, 0.717) is 48.5 Å². The molecule has 5 fully saturated rings. The van der Waals surface area contributed by atoms with Crippen molar-refractivity contribution in [1.29, 1.82) is 0 Å². The Balaban J connectivity index is 1.26. The highest BCUT2D eigenvalue weighted by atomic mass is 16.5. The van der Waals surface area contributed by atoms with Crippen molar-refractivity contribution in [3.05, 3.63) is 12.2 Å². The van der Waals surface area contributed by atoms with E-state index in [1.165, 1.54) is 31.3 Å². The molecule has 5 aliphatic rings. The number of nitrogens with one attached hydrogen (secondary N) is 1. The lowest BCUT2D eigenvalue weighted by atomic mass is 9.32. The molecule has 5 rings (SSSR count). The molecule has 0 bridgehead atoms. The SMILES string of the molecule is C=C(C)[C@@H]1CC[C@]2(C(=O)NCCCCCCCCC(=O)OCC)CC[C@]3(C)[C@H](CC[C@@H]4[C@@]5(C)CC[C@H](OC(C)=O)C(C)(C)[C@@H]5CC[C@]43C)[C@@H]12. The third-order valence-electron chi connectivity index (χ3n) is 16.2. The van der Waals surface area contributed by atoms with E-state index in [1.54, 1.807) is 6.92 Å². The van der Waals surface area contributed by atoms with Crippen LogP contribution in [0.5, 0.6) is 0 Å². The Bertz CT molecular complexity index is 1240. The number of ether oxygens (including phenoxy) is 2. The van der Waals surface area contributed by atoms with E-state index in [9.17, 15) is 14.4 Å². The molecule has 0 saturated heterocycles. The lowest BCUT2D eigenvalue weighted by Gasteiger charge is -2.72. The predicted octanol–water partition coefficient (Wildman–Crippen LogP) is 9.99. The van der Waals surface area contributed by atoms with Crippen LogP contribution in [0.25, 0.3) is 0 Å². The van der Waals surface area contributed by atoms with Crippen molar-refractivity contribution in [1.82, 2.24) is 5.32 Å². The van der Waals surface area contributed by atoms with Crippen LogP contribution in [0.15, 0.2) is 12.2 Å². The number of hydrogen-bond donors (Lipinski definition) is 1. The molecule has 0 radical (unpaired) electrons. The zero-order valence-corrected chi connectivity index (χ0v) is 32.6. The summed E-state index contributed by atoms with van der Waals surface area (Å²) in [5.74, 6) is 2.63. The van der Waals surface area contributed by atoms with Gasteiger partial charge >= 0.3 is 11.9 Å². The number of allylic oxidation sites excluding steroid dienone is 1. The molecule has 49 heavy (non-hydrogen) atoms. The van der Waals surface area contributed by atoms with Crippen molar-refractivity contribution in [3.63, 3.8) is 0 Å². The van der Waals surface area contributed by atoms with E-state index in [0.717, 1.165) is 83.6 Å². The van der Waals surface area contributed by atoms with Crippen molar-refractivity contribution in [3.8, 4) is 0 Å². The Morgan fingerprint density at radius 2 is 1.45 bits per heavy atom. The molecule has 1 N–H and O–H groups in total. The summed E-state index contributed by atoms with van der Waals surface area (Å²) in [6.07, 6.45) is 18.1. The van der Waals surface area contributed by atoms with Crippen molar-refractivity contribution in [2.24, 2.45) is 56.7 Å². The summed E-state index contributed by atoms with van der Waals surface area (Å²) in [6.45, 7) is 24.0. The average Bonchev–Trinajstić information content (AvgIpc) is 3.43. The second-order valence-electron chi connectivity index (χ2n) is 18.7. The largest absolute Gasteiger partial charge is 0.466 e. The minimum atomic E-state index is -0.269. The van der Waals surface area contributed by atoms with Gasteiger partial charge < -0.3 is 14.8 Å². The highest BCUT2D eigenvalue weighted by Gasteiger charge is 2.72. The topological polar surface area (TPSA) is 81.7 Å². The molecule has 6 heteroatoms. The van der Waals surface area contributed by atoms with Gasteiger partial charge in [-0.1, -0.05) is 72.5 Å². The first-order valence-electron chi connectivity index (χ1n) is 20.3. The van der Waals surface area contributed by atoms with Gasteiger partial charge in [-0.2, -0.15) is 0 Å². The van der Waals surface area contributed by atoms with Crippen LogP contribution < -0.4 is 5.32 Å². The average molecular weight is 682 g/mol. The molecular weight excluding hydrogens is 610 g/mol. The van der Waals surface area contributed by atoms with Crippen LogP contribution >= 0.6 is 0 Å². The molecule has 10 atom stereocenters. The third-order valence-corrected chi connectivity index (χ3v) is 16.2. The standard InChI is InChI=1S/C43H71NO5/c1-10-48-36(46)17-15-13-11-12-14-16-28-44-38(47)43-25-20-31(29(2)3)37(43)32-18-19-34-40(7)23-22-35(49-30(4)45)39(5,6)33(40)21-24-42(34,9)41(32,8)26-27-43/h31-35,37H,2,10-28H2,1,3-9H3,(H,44,47)/t31-,32+,33-,34+,35-,37+,40-,41+,42+,43-/m0/s1. The second-order valence-corrected chi connectivity index (χ2v) is 18.7. The number of esters is 2. The van der Waals surface area contributed by atoms with Gasteiger partial charge in [0, 0.05) is 25.3 Å². The van der Waals surface area contributed by atoms with Crippen LogP contribution in [0.4, 0.5) is 0 Å². The van der Waals surface area contributed by atoms with E-state index in [-0.39, 0.29) is 45.1 Å². The first-order chi connectivity index (χ1) is 23.1. The van der Waals surface area contributed by atoms with Crippen molar-refractivity contribution in [2.45, 2.75) is 171 Å². The van der Waals surface area contributed by atoms with Gasteiger partial charge in [-0.15, -0.1) is 0 Å². The van der Waals surface area contributed by atoms with Gasteiger partial charge in [-0.25, -0.2) is 0 Å². The molecule has 0 aromatic carbocycles. The van der Waals surface area contributed by atoms with E-state index >= 15 is 0 Å². The van der Waals surface area contributed by atoms with Gasteiger partial charge in [-0.3, -0.25) is 14.4 Å². The Kier molecular flexibility index (Phi) is 11.5. The number of carbonyl (C=O) groups excluding carboxylic acids is 3. The maximum absolute atomic E-state index is 14.4. The fraction of sp³-hybridized carbons (Fsp3) is 0.884. The van der Waals surface area contributed by atoms with Gasteiger partial charge in [0.2, 0.25) is 5.91 Å². The summed E-state index contributed by atoms with van der Waals surface area (Å²) in [5.41, 5.74) is 1.64. The first kappa shape index (κ1) is 38.4. The predicted molar refractivity (Wildman–Crippen MR) is 196 cm³/mol. The molecular formula is C43H71NO5.